The second kappa shape index (κ2) is 11.8. The largest absolute Gasteiger partial charge is 0.495 e. The highest BCUT2D eigenvalue weighted by Gasteiger charge is 2.34. The summed E-state index contributed by atoms with van der Waals surface area (Å²) in [5, 5.41) is 3.80. The van der Waals surface area contributed by atoms with Crippen LogP contribution >= 0.6 is 11.6 Å². The van der Waals surface area contributed by atoms with Crippen LogP contribution in [0.15, 0.2) is 48.5 Å². The van der Waals surface area contributed by atoms with Gasteiger partial charge in [0.05, 0.1) is 26.0 Å². The van der Waals surface area contributed by atoms with Crippen molar-refractivity contribution in [2.24, 2.45) is 5.92 Å². The van der Waals surface area contributed by atoms with E-state index in [0.29, 0.717) is 24.1 Å². The molecule has 2 aromatic rings. The summed E-state index contributed by atoms with van der Waals surface area (Å²) in [6.45, 7) is 6.52. The molecule has 0 spiro atoms. The van der Waals surface area contributed by atoms with Crippen LogP contribution in [-0.4, -0.2) is 68.3 Å². The minimum Gasteiger partial charge on any atom is -0.495 e. The SMILES string of the molecule is COc1ccccc1NC(=O)CC[C@H]1CN(Cc2ccc(Cl)cc2)CC[C@H]1N1CCOCC1. The van der Waals surface area contributed by atoms with Gasteiger partial charge in [-0.15, -0.1) is 0 Å². The molecule has 2 aromatic carbocycles. The van der Waals surface area contributed by atoms with E-state index in [1.54, 1.807) is 7.11 Å². The van der Waals surface area contributed by atoms with Gasteiger partial charge < -0.3 is 14.8 Å². The minimum atomic E-state index is 0.0371. The van der Waals surface area contributed by atoms with E-state index in [9.17, 15) is 4.79 Å². The van der Waals surface area contributed by atoms with Gasteiger partial charge in [0.2, 0.25) is 5.91 Å². The second-order valence-corrected chi connectivity index (χ2v) is 9.35. The molecule has 0 bridgehead atoms. The van der Waals surface area contributed by atoms with Crippen molar-refractivity contribution in [3.05, 3.63) is 59.1 Å². The summed E-state index contributed by atoms with van der Waals surface area (Å²) in [5.41, 5.74) is 2.00. The average molecular weight is 472 g/mol. The normalized spacial score (nSPS) is 22.1. The van der Waals surface area contributed by atoms with Crippen molar-refractivity contribution < 1.29 is 14.3 Å². The maximum atomic E-state index is 12.8. The maximum absolute atomic E-state index is 12.8. The molecule has 6 nitrogen and oxygen atoms in total. The van der Waals surface area contributed by atoms with Gasteiger partial charge in [-0.3, -0.25) is 14.6 Å². The molecule has 0 aromatic heterocycles. The van der Waals surface area contributed by atoms with Crippen LogP contribution in [0.5, 0.6) is 5.75 Å². The number of nitrogens with zero attached hydrogens (tertiary/aromatic N) is 2. The zero-order valence-corrected chi connectivity index (χ0v) is 20.1. The fourth-order valence-electron chi connectivity index (χ4n) is 5.04. The van der Waals surface area contributed by atoms with Crippen LogP contribution in [0.2, 0.25) is 5.02 Å². The predicted molar refractivity (Wildman–Crippen MR) is 132 cm³/mol. The highest BCUT2D eigenvalue weighted by atomic mass is 35.5. The van der Waals surface area contributed by atoms with Crippen molar-refractivity contribution in [3.63, 3.8) is 0 Å². The monoisotopic (exact) mass is 471 g/mol. The van der Waals surface area contributed by atoms with Gasteiger partial charge in [-0.25, -0.2) is 0 Å². The molecule has 1 N–H and O–H groups in total. The van der Waals surface area contributed by atoms with Crippen LogP contribution in [0.3, 0.4) is 0 Å². The summed E-state index contributed by atoms with van der Waals surface area (Å²) in [6.07, 6.45) is 2.48. The molecule has 2 saturated heterocycles. The molecule has 2 aliphatic heterocycles. The molecule has 33 heavy (non-hydrogen) atoms. The van der Waals surface area contributed by atoms with Gasteiger partial charge in [-0.05, 0) is 55.1 Å². The molecule has 0 unspecified atom stereocenters. The molecule has 4 rings (SSSR count). The van der Waals surface area contributed by atoms with Crippen molar-refractivity contribution >= 4 is 23.2 Å². The second-order valence-electron chi connectivity index (χ2n) is 8.91. The first-order chi connectivity index (χ1) is 16.1. The predicted octanol–water partition coefficient (Wildman–Crippen LogP) is 4.29. The van der Waals surface area contributed by atoms with E-state index in [4.69, 9.17) is 21.1 Å². The van der Waals surface area contributed by atoms with Crippen molar-refractivity contribution in [2.75, 3.05) is 51.8 Å². The number of hydrogen-bond acceptors (Lipinski definition) is 5. The maximum Gasteiger partial charge on any atom is 0.224 e. The molecule has 0 radical (unpaired) electrons. The summed E-state index contributed by atoms with van der Waals surface area (Å²) in [6, 6.07) is 16.2. The lowest BCUT2D eigenvalue weighted by Crippen LogP contribution is -2.53. The third kappa shape index (κ3) is 6.70. The number of para-hydroxylation sites is 2. The quantitative estimate of drug-likeness (QED) is 0.622. The molecule has 0 aliphatic carbocycles. The summed E-state index contributed by atoms with van der Waals surface area (Å²) in [4.78, 5) is 17.9. The first-order valence-corrected chi connectivity index (χ1v) is 12.2. The molecular weight excluding hydrogens is 438 g/mol. The van der Waals surface area contributed by atoms with Crippen LogP contribution < -0.4 is 10.1 Å². The van der Waals surface area contributed by atoms with E-state index in [1.807, 2.05) is 36.4 Å². The highest BCUT2D eigenvalue weighted by molar-refractivity contribution is 6.30. The molecule has 2 aliphatic rings. The number of rotatable bonds is 8. The van der Waals surface area contributed by atoms with Gasteiger partial charge in [0.1, 0.15) is 5.75 Å². The molecular formula is C26H34ClN3O3. The van der Waals surface area contributed by atoms with E-state index >= 15 is 0 Å². The standard InChI is InChI=1S/C26H34ClN3O3/c1-32-25-5-3-2-4-23(25)28-26(31)11-8-21-19-29(18-20-6-9-22(27)10-7-20)13-12-24(21)30-14-16-33-17-15-30/h2-7,9-10,21,24H,8,11-19H2,1H3,(H,28,31)/t21-,24+/m0/s1. The first kappa shape index (κ1) is 24.0. The number of methoxy groups -OCH3 is 1. The Morgan fingerprint density at radius 3 is 2.64 bits per heavy atom. The van der Waals surface area contributed by atoms with Gasteiger partial charge in [0.15, 0.2) is 0 Å². The molecule has 7 heteroatoms. The lowest BCUT2D eigenvalue weighted by Gasteiger charge is -2.45. The number of benzene rings is 2. The van der Waals surface area contributed by atoms with Crippen molar-refractivity contribution in [1.29, 1.82) is 0 Å². The first-order valence-electron chi connectivity index (χ1n) is 11.8. The molecule has 178 valence electrons. The molecule has 1 amide bonds. The Morgan fingerprint density at radius 1 is 1.12 bits per heavy atom. The van der Waals surface area contributed by atoms with E-state index in [1.165, 1.54) is 5.56 Å². The van der Waals surface area contributed by atoms with E-state index in [2.05, 4.69) is 27.2 Å². The molecule has 2 fully saturated rings. The van der Waals surface area contributed by atoms with Gasteiger partial charge in [0.25, 0.3) is 0 Å². The zero-order chi connectivity index (χ0) is 23.0. The third-order valence-corrected chi connectivity index (χ3v) is 6.99. The number of halogens is 1. The number of amides is 1. The minimum absolute atomic E-state index is 0.0371. The number of morpholine rings is 1. The molecule has 0 saturated carbocycles. The zero-order valence-electron chi connectivity index (χ0n) is 19.3. The topological polar surface area (TPSA) is 54.0 Å². The van der Waals surface area contributed by atoms with Crippen LogP contribution in [0.4, 0.5) is 5.69 Å². The van der Waals surface area contributed by atoms with E-state index < -0.39 is 0 Å². The number of hydrogen-bond donors (Lipinski definition) is 1. The van der Waals surface area contributed by atoms with Crippen LogP contribution in [0, 0.1) is 5.92 Å². The fourth-order valence-corrected chi connectivity index (χ4v) is 5.16. The van der Waals surface area contributed by atoms with E-state index in [-0.39, 0.29) is 5.91 Å². The Morgan fingerprint density at radius 2 is 1.88 bits per heavy atom. The number of carbonyl (C=O) groups excluding carboxylic acids is 1. The third-order valence-electron chi connectivity index (χ3n) is 6.74. The van der Waals surface area contributed by atoms with Crippen LogP contribution in [0.1, 0.15) is 24.8 Å². The lowest BCUT2D eigenvalue weighted by atomic mass is 9.86. The van der Waals surface area contributed by atoms with Gasteiger partial charge in [0, 0.05) is 43.7 Å². The van der Waals surface area contributed by atoms with Crippen molar-refractivity contribution in [2.45, 2.75) is 31.8 Å². The van der Waals surface area contributed by atoms with Crippen molar-refractivity contribution in [1.82, 2.24) is 9.80 Å². The smallest absolute Gasteiger partial charge is 0.224 e. The number of likely N-dealkylation sites (tertiary alicyclic amines) is 1. The summed E-state index contributed by atoms with van der Waals surface area (Å²) < 4.78 is 11.0. The summed E-state index contributed by atoms with van der Waals surface area (Å²) in [7, 11) is 1.62. The van der Waals surface area contributed by atoms with Crippen LogP contribution in [-0.2, 0) is 16.1 Å². The van der Waals surface area contributed by atoms with Gasteiger partial charge in [-0.1, -0.05) is 35.9 Å². The van der Waals surface area contributed by atoms with Crippen LogP contribution in [0.25, 0.3) is 0 Å². The number of ether oxygens (including phenoxy) is 2. The number of piperidine rings is 1. The van der Waals surface area contributed by atoms with Gasteiger partial charge >= 0.3 is 0 Å². The Bertz CT molecular complexity index is 902. The fraction of sp³-hybridized carbons (Fsp3) is 0.500. The number of anilines is 1. The van der Waals surface area contributed by atoms with E-state index in [0.717, 1.165) is 69.5 Å². The highest BCUT2D eigenvalue weighted by Crippen LogP contribution is 2.29. The Balaban J connectivity index is 1.38. The Labute approximate surface area is 201 Å². The molecule has 2 atom stereocenters. The average Bonchev–Trinajstić information content (AvgIpc) is 2.85. The Hall–Kier alpha value is -2.12. The van der Waals surface area contributed by atoms with Crippen molar-refractivity contribution in [3.8, 4) is 5.75 Å². The van der Waals surface area contributed by atoms with Gasteiger partial charge in [-0.2, -0.15) is 0 Å². The Kier molecular flexibility index (Phi) is 8.62. The molecule has 2 heterocycles. The summed E-state index contributed by atoms with van der Waals surface area (Å²) >= 11 is 6.06. The number of carbonyl (C=O) groups is 1. The number of nitrogens with one attached hydrogen (secondary N) is 1. The lowest BCUT2D eigenvalue weighted by molar-refractivity contribution is -0.116. The summed E-state index contributed by atoms with van der Waals surface area (Å²) in [5.74, 6) is 1.16.